The summed E-state index contributed by atoms with van der Waals surface area (Å²) in [6.45, 7) is 16.8. The Labute approximate surface area is 373 Å². The second kappa shape index (κ2) is 18.6. The van der Waals surface area contributed by atoms with Gasteiger partial charge in [-0.15, -0.1) is 0 Å². The van der Waals surface area contributed by atoms with E-state index in [1.54, 1.807) is 19.1 Å². The Balaban J connectivity index is 0.880. The molecule has 11 aliphatic heterocycles. The second-order valence-corrected chi connectivity index (χ2v) is 20.4. The van der Waals surface area contributed by atoms with Crippen molar-refractivity contribution in [3.8, 4) is 0 Å². The van der Waals surface area contributed by atoms with Crippen LogP contribution in [0.2, 0.25) is 0 Å². The number of piperazine rings is 1. The molecule has 1 spiro atoms. The highest BCUT2D eigenvalue weighted by Gasteiger charge is 2.69. The molecule has 0 aliphatic carbocycles. The van der Waals surface area contributed by atoms with E-state index < -0.39 is 5.79 Å². The van der Waals surface area contributed by atoms with Gasteiger partial charge in [0.15, 0.2) is 5.79 Å². The number of Topliss-reactive ketones (excluding diaryl/α,β-unsaturated/α-hetero) is 1. The molecule has 11 saturated heterocycles. The number of rotatable bonds is 7. The van der Waals surface area contributed by atoms with Gasteiger partial charge in [-0.3, -0.25) is 9.69 Å². The van der Waals surface area contributed by atoms with Gasteiger partial charge < -0.3 is 57.0 Å². The standard InChI is InChI=1S/C48H72N2O13/c1-7-55-47(52)50-16-14-49(15-17-50)25-33(53-5)22-39-41(54-6)34-21-29(51)20-31-9-11-36-42(58-31)46-45-44(60-36)43-40(61-45)24-48(62-43,63-46)13-12-32-19-27(3)35(56-32)10-8-30-18-26(2)28(4)37(57-30)23-38(34)59-39/h26,30-46H,3-4,7-25H2,1-2,5-6H3/t26-,30+,31-,32+,33+,34+,35+,36+,37-,38+,39-,40-,41-,42+,43+,44+,45-,46+,48+/m1/s1. The highest BCUT2D eigenvalue weighted by molar-refractivity contribution is 5.79. The highest BCUT2D eigenvalue weighted by Crippen LogP contribution is 2.54. The van der Waals surface area contributed by atoms with Crippen molar-refractivity contribution in [2.45, 2.75) is 201 Å². The van der Waals surface area contributed by atoms with Crippen LogP contribution < -0.4 is 0 Å². The summed E-state index contributed by atoms with van der Waals surface area (Å²) < 4.78 is 72.6. The first-order valence-corrected chi connectivity index (χ1v) is 24.4. The molecule has 19 atom stereocenters. The molecular formula is C48H72N2O13. The molecule has 0 saturated carbocycles. The Hall–Kier alpha value is -2.02. The van der Waals surface area contributed by atoms with E-state index >= 15 is 0 Å². The summed E-state index contributed by atoms with van der Waals surface area (Å²) in [6, 6.07) is 0. The lowest BCUT2D eigenvalue weighted by atomic mass is 9.81. The van der Waals surface area contributed by atoms with Gasteiger partial charge in [-0.05, 0) is 68.9 Å². The van der Waals surface area contributed by atoms with Gasteiger partial charge in [0.2, 0.25) is 0 Å². The van der Waals surface area contributed by atoms with Crippen molar-refractivity contribution < 1.29 is 61.7 Å². The lowest BCUT2D eigenvalue weighted by Crippen LogP contribution is -2.61. The van der Waals surface area contributed by atoms with Gasteiger partial charge in [-0.25, -0.2) is 4.79 Å². The van der Waals surface area contributed by atoms with Crippen LogP contribution in [0.25, 0.3) is 0 Å². The van der Waals surface area contributed by atoms with Gasteiger partial charge in [-0.2, -0.15) is 0 Å². The molecule has 1 amide bonds. The number of methoxy groups -OCH3 is 2. The zero-order chi connectivity index (χ0) is 43.6. The van der Waals surface area contributed by atoms with Crippen molar-refractivity contribution in [2.75, 3.05) is 53.6 Å². The third-order valence-corrected chi connectivity index (χ3v) is 16.4. The number of hydrogen-bond acceptors (Lipinski definition) is 14. The number of carbonyl (C=O) groups is 2. The first kappa shape index (κ1) is 44.8. The lowest BCUT2D eigenvalue weighted by molar-refractivity contribution is -0.292. The summed E-state index contributed by atoms with van der Waals surface area (Å²) in [5.74, 6) is -0.591. The van der Waals surface area contributed by atoms with Crippen LogP contribution >= 0.6 is 0 Å². The van der Waals surface area contributed by atoms with Crippen molar-refractivity contribution in [3.05, 3.63) is 24.3 Å². The van der Waals surface area contributed by atoms with Gasteiger partial charge in [-0.1, -0.05) is 20.1 Å². The molecule has 0 aromatic rings. The first-order valence-electron chi connectivity index (χ1n) is 24.4. The lowest BCUT2D eigenvalue weighted by Gasteiger charge is -2.47. The summed E-state index contributed by atoms with van der Waals surface area (Å²) >= 11 is 0. The second-order valence-electron chi connectivity index (χ2n) is 20.4. The van der Waals surface area contributed by atoms with E-state index in [1.807, 2.05) is 6.92 Å². The minimum Gasteiger partial charge on any atom is -0.450 e. The molecule has 63 heavy (non-hydrogen) atoms. The smallest absolute Gasteiger partial charge is 0.409 e. The molecule has 15 nitrogen and oxygen atoms in total. The number of carbonyl (C=O) groups excluding carboxylic acids is 2. The molecule has 0 aromatic heterocycles. The Morgan fingerprint density at radius 2 is 1.52 bits per heavy atom. The number of fused-ring (bicyclic) bond motifs is 6. The fourth-order valence-corrected chi connectivity index (χ4v) is 13.0. The number of ketones is 1. The maximum atomic E-state index is 14.4. The van der Waals surface area contributed by atoms with Gasteiger partial charge in [0.25, 0.3) is 0 Å². The number of nitrogens with zero attached hydrogens (tertiary/aromatic N) is 2. The van der Waals surface area contributed by atoms with Crippen LogP contribution in [0.3, 0.4) is 0 Å². The molecule has 0 N–H and O–H groups in total. The van der Waals surface area contributed by atoms with Crippen LogP contribution in [0.4, 0.5) is 4.79 Å². The van der Waals surface area contributed by atoms with Crippen molar-refractivity contribution in [3.63, 3.8) is 0 Å². The predicted octanol–water partition coefficient (Wildman–Crippen LogP) is 4.91. The zero-order valence-corrected chi connectivity index (χ0v) is 37.9. The Kier molecular flexibility index (Phi) is 13.2. The van der Waals surface area contributed by atoms with Crippen LogP contribution in [0.1, 0.15) is 97.3 Å². The van der Waals surface area contributed by atoms with E-state index in [4.69, 9.17) is 52.1 Å². The molecular weight excluding hydrogens is 813 g/mol. The minimum atomic E-state index is -0.790. The molecule has 11 heterocycles. The van der Waals surface area contributed by atoms with Crippen LogP contribution in [-0.2, 0) is 56.9 Å². The number of amides is 1. The normalized spacial score (nSPS) is 47.0. The number of hydrogen-bond donors (Lipinski definition) is 0. The van der Waals surface area contributed by atoms with Crippen molar-refractivity contribution in [1.29, 1.82) is 0 Å². The molecule has 11 fully saturated rings. The van der Waals surface area contributed by atoms with Crippen LogP contribution in [-0.4, -0.2) is 179 Å². The van der Waals surface area contributed by atoms with Crippen molar-refractivity contribution in [2.24, 2.45) is 11.8 Å². The first-order chi connectivity index (χ1) is 30.5. The maximum Gasteiger partial charge on any atom is 0.409 e. The third kappa shape index (κ3) is 8.96. The zero-order valence-electron chi connectivity index (χ0n) is 37.9. The molecule has 0 aromatic carbocycles. The van der Waals surface area contributed by atoms with E-state index in [0.29, 0.717) is 58.3 Å². The van der Waals surface area contributed by atoms with E-state index in [2.05, 4.69) is 25.0 Å². The third-order valence-electron chi connectivity index (χ3n) is 16.4. The van der Waals surface area contributed by atoms with E-state index in [0.717, 1.165) is 69.2 Å². The van der Waals surface area contributed by atoms with Gasteiger partial charge >= 0.3 is 6.09 Å². The maximum absolute atomic E-state index is 14.4. The van der Waals surface area contributed by atoms with Crippen LogP contribution in [0.5, 0.6) is 0 Å². The predicted molar refractivity (Wildman–Crippen MR) is 227 cm³/mol. The molecule has 11 rings (SSSR count). The van der Waals surface area contributed by atoms with E-state index in [9.17, 15) is 9.59 Å². The number of ether oxygens (including phenoxy) is 11. The minimum absolute atomic E-state index is 0.0239. The topological polar surface area (TPSA) is 142 Å². The van der Waals surface area contributed by atoms with Crippen molar-refractivity contribution >= 4 is 11.9 Å². The SMILES string of the molecule is C=C1C[C@@H]2CC[C@@]34C[C@H]5O[C@H]6[C@@H](O3)[C@H]3O[C@H](CC[C@@H]3O[C@H]6[C@H]5O4)CC(=O)C[C@@H]3[C@@H](OC)[C@@H](C[C@@H](CN4CCN(C(=O)OCC)CC4)OC)O[C@H]3C[C@H]3O[C@@H](CC[C@@H]1O2)C[C@@H](C)C3=C. The molecule has 15 heteroatoms. The van der Waals surface area contributed by atoms with Crippen LogP contribution in [0.15, 0.2) is 24.3 Å². The highest BCUT2D eigenvalue weighted by atomic mass is 16.8. The van der Waals surface area contributed by atoms with Gasteiger partial charge in [0.05, 0.1) is 73.8 Å². The van der Waals surface area contributed by atoms with Gasteiger partial charge in [0, 0.05) is 91.4 Å². The fraction of sp³-hybridized carbons (Fsp3) is 0.875. The summed E-state index contributed by atoms with van der Waals surface area (Å²) in [5, 5.41) is 0. The summed E-state index contributed by atoms with van der Waals surface area (Å²) in [5.41, 5.74) is 2.22. The largest absolute Gasteiger partial charge is 0.450 e. The van der Waals surface area contributed by atoms with Gasteiger partial charge in [0.1, 0.15) is 36.3 Å². The molecule has 0 unspecified atom stereocenters. The average Bonchev–Trinajstić information content (AvgIpc) is 3.95. The summed E-state index contributed by atoms with van der Waals surface area (Å²) in [7, 11) is 3.47. The Bertz CT molecular complexity index is 1690. The molecule has 12 bridgehead atoms. The Morgan fingerprint density at radius 1 is 0.778 bits per heavy atom. The summed E-state index contributed by atoms with van der Waals surface area (Å²) in [6.07, 6.45) is 5.55. The van der Waals surface area contributed by atoms with Crippen LogP contribution in [0, 0.1) is 11.8 Å². The van der Waals surface area contributed by atoms with E-state index in [1.165, 1.54) is 0 Å². The molecule has 11 aliphatic rings. The Morgan fingerprint density at radius 3 is 2.32 bits per heavy atom. The average molecular weight is 885 g/mol. The summed E-state index contributed by atoms with van der Waals surface area (Å²) in [4.78, 5) is 30.9. The molecule has 0 radical (unpaired) electrons. The fourth-order valence-electron chi connectivity index (χ4n) is 13.0. The molecule has 352 valence electrons. The van der Waals surface area contributed by atoms with E-state index in [-0.39, 0.29) is 128 Å². The quantitative estimate of drug-likeness (QED) is 0.320. The van der Waals surface area contributed by atoms with Crippen molar-refractivity contribution in [1.82, 2.24) is 9.80 Å². The monoisotopic (exact) mass is 885 g/mol.